The highest BCUT2D eigenvalue weighted by Gasteiger charge is 2.46. The van der Waals surface area contributed by atoms with E-state index in [0.29, 0.717) is 38.2 Å². The number of hydrogen-bond donors (Lipinski definition) is 1. The van der Waals surface area contributed by atoms with Gasteiger partial charge in [-0.05, 0) is 30.7 Å². The largest absolute Gasteiger partial charge is 0.388 e. The number of likely N-dealkylation sites (tertiary alicyclic amines) is 1. The number of amides is 1. The maximum atomic E-state index is 12.8. The summed E-state index contributed by atoms with van der Waals surface area (Å²) in [7, 11) is 0. The van der Waals surface area contributed by atoms with E-state index in [1.807, 2.05) is 35.2 Å². The molecule has 1 aromatic heterocycles. The first-order valence-corrected chi connectivity index (χ1v) is 12.3. The Hall–Kier alpha value is -2.71. The number of ether oxygens (including phenoxy) is 1. The van der Waals surface area contributed by atoms with Gasteiger partial charge in [0.15, 0.2) is 0 Å². The standard InChI is InChI=1S/C26H34N4O4/c1-20(21-5-3-2-4-6-21)13-23(31)28-10-7-26(33,8-11-28)17-30-19-27-22(14-24(30)32)29-15-25(16-29)9-12-34-18-25/h2-6,14,19-20,33H,7-13,15-18H2,1H3/t20-/m1/s1. The summed E-state index contributed by atoms with van der Waals surface area (Å²) in [5, 5.41) is 11.1. The molecule has 8 heteroatoms. The third kappa shape index (κ3) is 4.74. The van der Waals surface area contributed by atoms with Crippen LogP contribution < -0.4 is 10.5 Å². The van der Waals surface area contributed by atoms with Crippen molar-refractivity contribution in [1.82, 2.24) is 14.5 Å². The molecule has 1 N–H and O–H groups in total. The predicted molar refractivity (Wildman–Crippen MR) is 129 cm³/mol. The molecule has 34 heavy (non-hydrogen) atoms. The molecule has 3 aliphatic rings. The lowest BCUT2D eigenvalue weighted by Gasteiger charge is -2.47. The van der Waals surface area contributed by atoms with Crippen molar-refractivity contribution in [3.05, 3.63) is 58.6 Å². The molecule has 182 valence electrons. The Morgan fingerprint density at radius 1 is 1.18 bits per heavy atom. The smallest absolute Gasteiger partial charge is 0.255 e. The number of anilines is 1. The van der Waals surface area contributed by atoms with Crippen molar-refractivity contribution in [1.29, 1.82) is 0 Å². The Balaban J connectivity index is 1.14. The second-order valence-corrected chi connectivity index (χ2v) is 10.5. The second-order valence-electron chi connectivity index (χ2n) is 10.5. The Bertz CT molecular complexity index is 1060. The van der Waals surface area contributed by atoms with Crippen molar-refractivity contribution in [2.24, 2.45) is 5.41 Å². The molecule has 0 bridgehead atoms. The zero-order valence-corrected chi connectivity index (χ0v) is 19.9. The quantitative estimate of drug-likeness (QED) is 0.701. The molecule has 0 unspecified atom stereocenters. The van der Waals surface area contributed by atoms with Gasteiger partial charge in [0.25, 0.3) is 5.56 Å². The van der Waals surface area contributed by atoms with Gasteiger partial charge in [-0.1, -0.05) is 37.3 Å². The van der Waals surface area contributed by atoms with E-state index in [1.54, 1.807) is 12.4 Å². The molecule has 1 aromatic carbocycles. The van der Waals surface area contributed by atoms with Crippen LogP contribution in [0, 0.1) is 5.41 Å². The maximum absolute atomic E-state index is 12.8. The van der Waals surface area contributed by atoms with Crippen LogP contribution in [-0.4, -0.2) is 70.5 Å². The van der Waals surface area contributed by atoms with Crippen LogP contribution in [0.4, 0.5) is 5.82 Å². The average molecular weight is 467 g/mol. The van der Waals surface area contributed by atoms with E-state index in [2.05, 4.69) is 16.8 Å². The van der Waals surface area contributed by atoms with Gasteiger partial charge in [-0.15, -0.1) is 0 Å². The first kappa shape index (κ1) is 23.1. The van der Waals surface area contributed by atoms with Gasteiger partial charge >= 0.3 is 0 Å². The van der Waals surface area contributed by atoms with E-state index in [9.17, 15) is 14.7 Å². The molecule has 4 heterocycles. The lowest BCUT2D eigenvalue weighted by Crippen LogP contribution is -2.57. The molecule has 5 rings (SSSR count). The Morgan fingerprint density at radius 2 is 1.91 bits per heavy atom. The van der Waals surface area contributed by atoms with Crippen molar-refractivity contribution in [3.8, 4) is 0 Å². The first-order valence-electron chi connectivity index (χ1n) is 12.3. The van der Waals surface area contributed by atoms with Crippen LogP contribution >= 0.6 is 0 Å². The lowest BCUT2D eigenvalue weighted by atomic mass is 9.79. The Kier molecular flexibility index (Phi) is 6.20. The van der Waals surface area contributed by atoms with Gasteiger partial charge in [-0.25, -0.2) is 4.98 Å². The van der Waals surface area contributed by atoms with Crippen molar-refractivity contribution < 1.29 is 14.6 Å². The summed E-state index contributed by atoms with van der Waals surface area (Å²) < 4.78 is 7.01. The summed E-state index contributed by atoms with van der Waals surface area (Å²) in [4.78, 5) is 34.0. The summed E-state index contributed by atoms with van der Waals surface area (Å²) in [5.41, 5.74) is 0.217. The summed E-state index contributed by atoms with van der Waals surface area (Å²) in [5.74, 6) is 0.959. The number of aromatic nitrogens is 2. The molecule has 1 amide bonds. The van der Waals surface area contributed by atoms with Crippen molar-refractivity contribution in [3.63, 3.8) is 0 Å². The van der Waals surface area contributed by atoms with Gasteiger partial charge in [-0.3, -0.25) is 14.2 Å². The Labute approximate surface area is 200 Å². The van der Waals surface area contributed by atoms with Gasteiger partial charge < -0.3 is 19.6 Å². The molecule has 0 radical (unpaired) electrons. The molecule has 1 spiro atoms. The van der Waals surface area contributed by atoms with Crippen molar-refractivity contribution in [2.45, 2.75) is 50.7 Å². The van der Waals surface area contributed by atoms with Gasteiger partial charge in [0.05, 0.1) is 25.1 Å². The molecule has 1 atom stereocenters. The highest BCUT2D eigenvalue weighted by molar-refractivity contribution is 5.77. The summed E-state index contributed by atoms with van der Waals surface area (Å²) in [6, 6.07) is 11.6. The number of hydrogen-bond acceptors (Lipinski definition) is 6. The number of rotatable bonds is 6. The first-order chi connectivity index (χ1) is 16.3. The monoisotopic (exact) mass is 466 g/mol. The number of nitrogens with zero attached hydrogens (tertiary/aromatic N) is 4. The van der Waals surface area contributed by atoms with E-state index in [0.717, 1.165) is 38.3 Å². The zero-order chi connectivity index (χ0) is 23.8. The molecule has 2 aromatic rings. The maximum Gasteiger partial charge on any atom is 0.255 e. The minimum absolute atomic E-state index is 0.113. The minimum atomic E-state index is -1.02. The summed E-state index contributed by atoms with van der Waals surface area (Å²) in [6.45, 7) is 6.61. The minimum Gasteiger partial charge on any atom is -0.388 e. The van der Waals surface area contributed by atoms with Crippen molar-refractivity contribution >= 4 is 11.7 Å². The van der Waals surface area contributed by atoms with Crippen LogP contribution in [0.5, 0.6) is 0 Å². The third-order valence-electron chi connectivity index (χ3n) is 7.79. The van der Waals surface area contributed by atoms with Gasteiger partial charge in [0, 0.05) is 50.7 Å². The topological polar surface area (TPSA) is 87.9 Å². The summed E-state index contributed by atoms with van der Waals surface area (Å²) >= 11 is 0. The van der Waals surface area contributed by atoms with Gasteiger partial charge in [0.2, 0.25) is 5.91 Å². The number of piperidine rings is 1. The zero-order valence-electron chi connectivity index (χ0n) is 19.9. The normalized spacial score (nSPS) is 21.9. The van der Waals surface area contributed by atoms with E-state index < -0.39 is 5.60 Å². The fraction of sp³-hybridized carbons (Fsp3) is 0.577. The van der Waals surface area contributed by atoms with Crippen LogP contribution in [0.2, 0.25) is 0 Å². The average Bonchev–Trinajstić information content (AvgIpc) is 3.31. The fourth-order valence-electron chi connectivity index (χ4n) is 5.47. The highest BCUT2D eigenvalue weighted by Crippen LogP contribution is 2.39. The van der Waals surface area contributed by atoms with Crippen LogP contribution in [0.1, 0.15) is 44.1 Å². The number of carbonyl (C=O) groups excluding carboxylic acids is 1. The molecule has 8 nitrogen and oxygen atoms in total. The molecule has 3 fully saturated rings. The van der Waals surface area contributed by atoms with Gasteiger partial charge in [-0.2, -0.15) is 0 Å². The lowest BCUT2D eigenvalue weighted by molar-refractivity contribution is -0.136. The second kappa shape index (κ2) is 9.15. The SMILES string of the molecule is C[C@H](CC(=O)N1CCC(O)(Cn2cnc(N3CC4(CCOC4)C3)cc2=O)CC1)c1ccccc1. The number of aliphatic hydroxyl groups is 1. The number of carbonyl (C=O) groups is 1. The molecule has 3 saturated heterocycles. The van der Waals surface area contributed by atoms with Crippen LogP contribution in [0.15, 0.2) is 47.5 Å². The van der Waals surface area contributed by atoms with Crippen LogP contribution in [0.3, 0.4) is 0 Å². The predicted octanol–water partition coefficient (Wildman–Crippen LogP) is 2.02. The molecule has 0 aliphatic carbocycles. The Morgan fingerprint density at radius 3 is 2.56 bits per heavy atom. The summed E-state index contributed by atoms with van der Waals surface area (Å²) in [6.07, 6.45) is 3.96. The molecular weight excluding hydrogens is 432 g/mol. The van der Waals surface area contributed by atoms with E-state index in [4.69, 9.17) is 4.74 Å². The van der Waals surface area contributed by atoms with E-state index in [1.165, 1.54) is 4.57 Å². The molecule has 3 aliphatic heterocycles. The van der Waals surface area contributed by atoms with Crippen LogP contribution in [0.25, 0.3) is 0 Å². The van der Waals surface area contributed by atoms with E-state index >= 15 is 0 Å². The van der Waals surface area contributed by atoms with Crippen molar-refractivity contribution in [2.75, 3.05) is 44.3 Å². The fourth-order valence-corrected chi connectivity index (χ4v) is 5.47. The molecular formula is C26H34N4O4. The van der Waals surface area contributed by atoms with Gasteiger partial charge in [0.1, 0.15) is 5.82 Å². The number of benzene rings is 1. The molecule has 0 saturated carbocycles. The highest BCUT2D eigenvalue weighted by atomic mass is 16.5. The van der Waals surface area contributed by atoms with Crippen LogP contribution in [-0.2, 0) is 16.1 Å². The van der Waals surface area contributed by atoms with E-state index in [-0.39, 0.29) is 29.3 Å². The third-order valence-corrected chi connectivity index (χ3v) is 7.79.